The van der Waals surface area contributed by atoms with Crippen LogP contribution < -0.4 is 4.74 Å². The summed E-state index contributed by atoms with van der Waals surface area (Å²) < 4.78 is 43.7. The van der Waals surface area contributed by atoms with Gasteiger partial charge in [0.15, 0.2) is 0 Å². The molecule has 0 radical (unpaired) electrons. The van der Waals surface area contributed by atoms with Gasteiger partial charge in [0.1, 0.15) is 5.75 Å². The summed E-state index contributed by atoms with van der Waals surface area (Å²) in [7, 11) is 0. The molecule has 7 heteroatoms. The Labute approximate surface area is 123 Å². The molecule has 21 heavy (non-hydrogen) atoms. The van der Waals surface area contributed by atoms with E-state index in [9.17, 15) is 18.0 Å². The molecule has 1 heterocycles. The first-order valence-corrected chi connectivity index (χ1v) is 6.67. The molecule has 1 saturated carbocycles. The molecule has 1 aliphatic heterocycles. The van der Waals surface area contributed by atoms with E-state index in [1.165, 1.54) is 12.1 Å². The Bertz CT molecular complexity index is 648. The molecule has 1 aromatic carbocycles. The Hall–Kier alpha value is -1.69. The highest BCUT2D eigenvalue weighted by Gasteiger charge is 2.48. The maximum absolute atomic E-state index is 12.9. The van der Waals surface area contributed by atoms with E-state index in [2.05, 4.69) is 0 Å². The van der Waals surface area contributed by atoms with Crippen molar-refractivity contribution in [3.8, 4) is 5.75 Å². The third-order valence-electron chi connectivity index (χ3n) is 3.53. The van der Waals surface area contributed by atoms with E-state index < -0.39 is 23.8 Å². The lowest BCUT2D eigenvalue weighted by atomic mass is 9.99. The second-order valence-electron chi connectivity index (χ2n) is 5.13. The van der Waals surface area contributed by atoms with Gasteiger partial charge in [-0.25, -0.2) is 4.79 Å². The zero-order valence-corrected chi connectivity index (χ0v) is 11.3. The standard InChI is InChI=1S/C14H10ClF3O3/c15-10-4-7-3-9(13(19)20)12(14(16,17)18)21-11(7)5-8(10)6-1-2-6/h3-6,12H,1-2H2,(H,19,20). The normalized spacial score (nSPS) is 21.3. The van der Waals surface area contributed by atoms with Crippen LogP contribution in [0.4, 0.5) is 13.2 Å². The first-order valence-electron chi connectivity index (χ1n) is 6.29. The van der Waals surface area contributed by atoms with Crippen molar-refractivity contribution < 1.29 is 27.8 Å². The van der Waals surface area contributed by atoms with Gasteiger partial charge >= 0.3 is 12.1 Å². The van der Waals surface area contributed by atoms with Gasteiger partial charge in [0, 0.05) is 10.6 Å². The van der Waals surface area contributed by atoms with Crippen molar-refractivity contribution in [2.75, 3.05) is 0 Å². The Morgan fingerprint density at radius 1 is 1.33 bits per heavy atom. The third-order valence-corrected chi connectivity index (χ3v) is 3.86. The second kappa shape index (κ2) is 4.66. The number of carbonyl (C=O) groups is 1. The SMILES string of the molecule is O=C(O)C1=Cc2cc(Cl)c(C3CC3)cc2OC1C(F)(F)F. The lowest BCUT2D eigenvalue weighted by Crippen LogP contribution is -2.40. The molecular weight excluding hydrogens is 309 g/mol. The van der Waals surface area contributed by atoms with E-state index >= 15 is 0 Å². The Kier molecular flexibility index (Phi) is 3.16. The van der Waals surface area contributed by atoms with Crippen LogP contribution in [-0.4, -0.2) is 23.4 Å². The third kappa shape index (κ3) is 2.60. The Morgan fingerprint density at radius 2 is 2.00 bits per heavy atom. The largest absolute Gasteiger partial charge is 0.478 e. The molecule has 112 valence electrons. The first kappa shape index (κ1) is 14.3. The molecule has 1 atom stereocenters. The lowest BCUT2D eigenvalue weighted by Gasteiger charge is -2.27. The van der Waals surface area contributed by atoms with Crippen molar-refractivity contribution in [1.29, 1.82) is 0 Å². The minimum absolute atomic E-state index is 0.0219. The number of halogens is 4. The summed E-state index contributed by atoms with van der Waals surface area (Å²) in [5, 5.41) is 9.36. The number of ether oxygens (including phenoxy) is 1. The summed E-state index contributed by atoms with van der Waals surface area (Å²) in [5.41, 5.74) is 0.163. The van der Waals surface area contributed by atoms with Gasteiger partial charge in [0.2, 0.25) is 6.10 Å². The minimum Gasteiger partial charge on any atom is -0.478 e. The van der Waals surface area contributed by atoms with E-state index in [1.807, 2.05) is 0 Å². The quantitative estimate of drug-likeness (QED) is 0.896. The molecule has 3 rings (SSSR count). The van der Waals surface area contributed by atoms with Gasteiger partial charge < -0.3 is 9.84 Å². The first-order chi connectivity index (χ1) is 9.77. The molecule has 1 fully saturated rings. The minimum atomic E-state index is -4.79. The van der Waals surface area contributed by atoms with E-state index in [0.29, 0.717) is 5.02 Å². The molecule has 0 bridgehead atoms. The average Bonchev–Trinajstić information content (AvgIpc) is 3.19. The van der Waals surface area contributed by atoms with Crippen molar-refractivity contribution in [3.05, 3.63) is 33.9 Å². The fourth-order valence-corrected chi connectivity index (χ4v) is 2.68. The highest BCUT2D eigenvalue weighted by Crippen LogP contribution is 2.47. The summed E-state index contributed by atoms with van der Waals surface area (Å²) in [6, 6.07) is 2.95. The zero-order chi connectivity index (χ0) is 15.4. The fourth-order valence-electron chi connectivity index (χ4n) is 2.36. The van der Waals surface area contributed by atoms with Crippen LogP contribution in [0.15, 0.2) is 17.7 Å². The van der Waals surface area contributed by atoms with E-state index in [4.69, 9.17) is 21.4 Å². The molecule has 1 aliphatic carbocycles. The van der Waals surface area contributed by atoms with Gasteiger partial charge in [0.25, 0.3) is 0 Å². The monoisotopic (exact) mass is 318 g/mol. The average molecular weight is 319 g/mol. The molecule has 0 aromatic heterocycles. The highest BCUT2D eigenvalue weighted by atomic mass is 35.5. The van der Waals surface area contributed by atoms with Gasteiger partial charge in [-0.1, -0.05) is 11.6 Å². The van der Waals surface area contributed by atoms with Gasteiger partial charge in [0.05, 0.1) is 5.57 Å². The summed E-state index contributed by atoms with van der Waals surface area (Å²) in [5.74, 6) is -1.39. The van der Waals surface area contributed by atoms with E-state index in [1.54, 1.807) is 0 Å². The predicted octanol–water partition coefficient (Wildman–Crippen LogP) is 4.01. The maximum atomic E-state index is 12.9. The molecular formula is C14H10ClF3O3. The van der Waals surface area contributed by atoms with Crippen molar-refractivity contribution in [2.45, 2.75) is 31.0 Å². The predicted molar refractivity (Wildman–Crippen MR) is 69.5 cm³/mol. The lowest BCUT2D eigenvalue weighted by molar-refractivity contribution is -0.187. The van der Waals surface area contributed by atoms with Crippen LogP contribution in [0.1, 0.15) is 29.9 Å². The summed E-state index contributed by atoms with van der Waals surface area (Å²) in [6.07, 6.45) is -4.39. The number of hydrogen-bond acceptors (Lipinski definition) is 2. The van der Waals surface area contributed by atoms with Crippen LogP contribution in [0.25, 0.3) is 6.08 Å². The Balaban J connectivity index is 2.09. The van der Waals surface area contributed by atoms with Crippen molar-refractivity contribution in [2.24, 2.45) is 0 Å². The van der Waals surface area contributed by atoms with Crippen LogP contribution >= 0.6 is 11.6 Å². The fraction of sp³-hybridized carbons (Fsp3) is 0.357. The smallest absolute Gasteiger partial charge is 0.430 e. The van der Waals surface area contributed by atoms with Crippen LogP contribution in [0, 0.1) is 0 Å². The van der Waals surface area contributed by atoms with Crippen LogP contribution in [0.2, 0.25) is 5.02 Å². The number of aliphatic carboxylic acids is 1. The van der Waals surface area contributed by atoms with Gasteiger partial charge in [-0.2, -0.15) is 13.2 Å². The Morgan fingerprint density at radius 3 is 2.52 bits per heavy atom. The molecule has 3 nitrogen and oxygen atoms in total. The number of carboxylic acids is 1. The molecule has 0 spiro atoms. The topological polar surface area (TPSA) is 46.5 Å². The van der Waals surface area contributed by atoms with Gasteiger partial charge in [-0.05, 0) is 42.5 Å². The number of alkyl halides is 3. The van der Waals surface area contributed by atoms with Crippen molar-refractivity contribution in [3.63, 3.8) is 0 Å². The van der Waals surface area contributed by atoms with Crippen molar-refractivity contribution >= 4 is 23.6 Å². The molecule has 1 unspecified atom stereocenters. The second-order valence-corrected chi connectivity index (χ2v) is 5.54. The number of benzene rings is 1. The molecule has 0 saturated heterocycles. The van der Waals surface area contributed by atoms with E-state index in [0.717, 1.165) is 24.5 Å². The number of hydrogen-bond donors (Lipinski definition) is 1. The number of fused-ring (bicyclic) bond motifs is 1. The molecule has 2 aliphatic rings. The van der Waals surface area contributed by atoms with Crippen molar-refractivity contribution in [1.82, 2.24) is 0 Å². The van der Waals surface area contributed by atoms with Gasteiger partial charge in [-0.15, -0.1) is 0 Å². The maximum Gasteiger partial charge on any atom is 0.430 e. The van der Waals surface area contributed by atoms with E-state index in [-0.39, 0.29) is 17.2 Å². The van der Waals surface area contributed by atoms with Gasteiger partial charge in [-0.3, -0.25) is 0 Å². The highest BCUT2D eigenvalue weighted by molar-refractivity contribution is 6.31. The van der Waals surface area contributed by atoms with Crippen LogP contribution in [-0.2, 0) is 4.79 Å². The number of rotatable bonds is 2. The summed E-state index contributed by atoms with van der Waals surface area (Å²) >= 11 is 6.10. The van der Waals surface area contributed by atoms with Crippen LogP contribution in [0.3, 0.4) is 0 Å². The molecule has 1 N–H and O–H groups in total. The summed E-state index contributed by atoms with van der Waals surface area (Å²) in [4.78, 5) is 11.0. The molecule has 0 amide bonds. The summed E-state index contributed by atoms with van der Waals surface area (Å²) in [6.45, 7) is 0. The van der Waals surface area contributed by atoms with Crippen LogP contribution in [0.5, 0.6) is 5.75 Å². The molecule has 1 aromatic rings. The number of carboxylic acid groups (broad SMARTS) is 1. The zero-order valence-electron chi connectivity index (χ0n) is 10.6.